The highest BCUT2D eigenvalue weighted by Gasteiger charge is 2.28. The highest BCUT2D eigenvalue weighted by molar-refractivity contribution is 6.09. The van der Waals surface area contributed by atoms with Crippen molar-refractivity contribution in [2.75, 3.05) is 14.2 Å². The third-order valence-electron chi connectivity index (χ3n) is 3.38. The number of nitrogens with one attached hydrogen (secondary N) is 2. The highest BCUT2D eigenvalue weighted by atomic mass is 16.5. The van der Waals surface area contributed by atoms with Gasteiger partial charge in [-0.15, -0.1) is 0 Å². The summed E-state index contributed by atoms with van der Waals surface area (Å²) < 4.78 is 10.4. The summed E-state index contributed by atoms with van der Waals surface area (Å²) in [6.07, 6.45) is 1.45. The molecule has 2 N–H and O–H groups in total. The molecule has 0 radical (unpaired) electrons. The van der Waals surface area contributed by atoms with E-state index in [1.807, 2.05) is 0 Å². The van der Waals surface area contributed by atoms with Crippen LogP contribution in [0.1, 0.15) is 18.9 Å². The molecule has 0 spiro atoms. The van der Waals surface area contributed by atoms with Gasteiger partial charge in [0.25, 0.3) is 0 Å². The van der Waals surface area contributed by atoms with Gasteiger partial charge in [0, 0.05) is 17.7 Å². The standard InChI is InChI=1S/C15H18N4O4/c1-9-11(15(21)19-17-9)7-13(20)18-16-8-10-5-4-6-12(22-2)14(10)23-3/h4-6,8,11H,7H2,1-3H3,(H,18,20)(H,19,21). The van der Waals surface area contributed by atoms with Crippen LogP contribution in [0.25, 0.3) is 0 Å². The smallest absolute Gasteiger partial charge is 0.249 e. The minimum Gasteiger partial charge on any atom is -0.493 e. The number of carbonyl (C=O) groups excluding carboxylic acids is 2. The zero-order valence-electron chi connectivity index (χ0n) is 13.1. The summed E-state index contributed by atoms with van der Waals surface area (Å²) >= 11 is 0. The Morgan fingerprint density at radius 1 is 1.43 bits per heavy atom. The molecule has 1 aromatic rings. The van der Waals surface area contributed by atoms with Crippen molar-refractivity contribution in [3.63, 3.8) is 0 Å². The Hall–Kier alpha value is -2.90. The average Bonchev–Trinajstić information content (AvgIpc) is 2.86. The monoisotopic (exact) mass is 318 g/mol. The van der Waals surface area contributed by atoms with Gasteiger partial charge in [-0.25, -0.2) is 10.9 Å². The summed E-state index contributed by atoms with van der Waals surface area (Å²) in [6, 6.07) is 5.32. The van der Waals surface area contributed by atoms with E-state index in [-0.39, 0.29) is 18.2 Å². The van der Waals surface area contributed by atoms with Gasteiger partial charge in [-0.2, -0.15) is 10.2 Å². The van der Waals surface area contributed by atoms with Crippen molar-refractivity contribution in [1.29, 1.82) is 0 Å². The third-order valence-corrected chi connectivity index (χ3v) is 3.38. The van der Waals surface area contributed by atoms with Crippen LogP contribution >= 0.6 is 0 Å². The van der Waals surface area contributed by atoms with Crippen LogP contribution in [0.5, 0.6) is 11.5 Å². The predicted molar refractivity (Wildman–Crippen MR) is 84.6 cm³/mol. The number of hydrazone groups is 2. The van der Waals surface area contributed by atoms with E-state index in [0.717, 1.165) is 0 Å². The van der Waals surface area contributed by atoms with Crippen LogP contribution < -0.4 is 20.3 Å². The quantitative estimate of drug-likeness (QED) is 0.594. The summed E-state index contributed by atoms with van der Waals surface area (Å²) in [5.41, 5.74) is 5.96. The van der Waals surface area contributed by atoms with Gasteiger partial charge < -0.3 is 9.47 Å². The van der Waals surface area contributed by atoms with E-state index < -0.39 is 5.92 Å². The molecule has 2 rings (SSSR count). The Balaban J connectivity index is 1.98. The predicted octanol–water partition coefficient (Wildman–Crippen LogP) is 0.666. The van der Waals surface area contributed by atoms with E-state index >= 15 is 0 Å². The van der Waals surface area contributed by atoms with Crippen molar-refractivity contribution >= 4 is 23.7 Å². The molecule has 23 heavy (non-hydrogen) atoms. The van der Waals surface area contributed by atoms with E-state index in [9.17, 15) is 9.59 Å². The number of amides is 2. The molecule has 1 aliphatic rings. The largest absolute Gasteiger partial charge is 0.493 e. The van der Waals surface area contributed by atoms with Crippen LogP contribution in [0.2, 0.25) is 0 Å². The number of hydrogen-bond donors (Lipinski definition) is 2. The van der Waals surface area contributed by atoms with Gasteiger partial charge in [-0.1, -0.05) is 6.07 Å². The number of rotatable bonds is 6. The van der Waals surface area contributed by atoms with Gasteiger partial charge in [0.05, 0.1) is 26.4 Å². The zero-order chi connectivity index (χ0) is 16.8. The second-order valence-electron chi connectivity index (χ2n) is 4.86. The Labute approximate surface area is 133 Å². The molecule has 1 aromatic carbocycles. The molecule has 0 fully saturated rings. The Morgan fingerprint density at radius 3 is 2.83 bits per heavy atom. The molecule has 0 saturated carbocycles. The lowest BCUT2D eigenvalue weighted by molar-refractivity contribution is -0.127. The molecule has 0 bridgehead atoms. The van der Waals surface area contributed by atoms with E-state index in [2.05, 4.69) is 21.1 Å². The normalized spacial score (nSPS) is 16.9. The van der Waals surface area contributed by atoms with E-state index in [1.54, 1.807) is 25.1 Å². The van der Waals surface area contributed by atoms with Crippen molar-refractivity contribution in [2.45, 2.75) is 13.3 Å². The summed E-state index contributed by atoms with van der Waals surface area (Å²) in [6.45, 7) is 1.69. The highest BCUT2D eigenvalue weighted by Crippen LogP contribution is 2.29. The second kappa shape index (κ2) is 7.39. The second-order valence-corrected chi connectivity index (χ2v) is 4.86. The van der Waals surface area contributed by atoms with Gasteiger partial charge in [0.15, 0.2) is 11.5 Å². The SMILES string of the molecule is COc1cccc(C=NNC(=O)CC2C(=O)NN=C2C)c1OC. The third kappa shape index (κ3) is 3.85. The molecule has 2 amide bonds. The molecule has 8 heteroatoms. The first kappa shape index (κ1) is 16.5. The fourth-order valence-electron chi connectivity index (χ4n) is 2.15. The van der Waals surface area contributed by atoms with Crippen molar-refractivity contribution < 1.29 is 19.1 Å². The molecule has 1 aliphatic heterocycles. The van der Waals surface area contributed by atoms with Crippen LogP contribution in [0, 0.1) is 5.92 Å². The molecule has 1 heterocycles. The topological polar surface area (TPSA) is 101 Å². The fourth-order valence-corrected chi connectivity index (χ4v) is 2.15. The molecule has 0 aliphatic carbocycles. The molecule has 0 saturated heterocycles. The maximum absolute atomic E-state index is 11.8. The minimum absolute atomic E-state index is 0.00620. The number of methoxy groups -OCH3 is 2. The minimum atomic E-state index is -0.545. The fraction of sp³-hybridized carbons (Fsp3) is 0.333. The number of carbonyl (C=O) groups is 2. The van der Waals surface area contributed by atoms with E-state index in [0.29, 0.717) is 22.8 Å². The first-order chi connectivity index (χ1) is 11.1. The number of hydrogen-bond acceptors (Lipinski definition) is 6. The first-order valence-electron chi connectivity index (χ1n) is 6.93. The van der Waals surface area contributed by atoms with Crippen LogP contribution in [0.3, 0.4) is 0 Å². The first-order valence-corrected chi connectivity index (χ1v) is 6.93. The van der Waals surface area contributed by atoms with Crippen LogP contribution in [0.4, 0.5) is 0 Å². The lowest BCUT2D eigenvalue weighted by atomic mass is 10.0. The molecule has 8 nitrogen and oxygen atoms in total. The lowest BCUT2D eigenvalue weighted by Crippen LogP contribution is -2.29. The molecule has 122 valence electrons. The van der Waals surface area contributed by atoms with Crippen molar-refractivity contribution in [2.24, 2.45) is 16.1 Å². The zero-order valence-corrected chi connectivity index (χ0v) is 13.1. The molecule has 1 atom stereocenters. The molecular formula is C15H18N4O4. The van der Waals surface area contributed by atoms with Crippen molar-refractivity contribution in [1.82, 2.24) is 10.9 Å². The van der Waals surface area contributed by atoms with Crippen LogP contribution in [0.15, 0.2) is 28.4 Å². The Bertz CT molecular complexity index is 669. The summed E-state index contributed by atoms with van der Waals surface area (Å²) in [7, 11) is 3.06. The maximum Gasteiger partial charge on any atom is 0.249 e. The molecule has 0 aromatic heterocycles. The number of benzene rings is 1. The van der Waals surface area contributed by atoms with Crippen LogP contribution in [-0.4, -0.2) is 38.0 Å². The Kier molecular flexibility index (Phi) is 5.29. The van der Waals surface area contributed by atoms with E-state index in [1.165, 1.54) is 20.4 Å². The number of ether oxygens (including phenoxy) is 2. The number of nitrogens with zero attached hydrogens (tertiary/aromatic N) is 2. The van der Waals surface area contributed by atoms with E-state index in [4.69, 9.17) is 9.47 Å². The molecular weight excluding hydrogens is 300 g/mol. The summed E-state index contributed by atoms with van der Waals surface area (Å²) in [5.74, 6) is -0.115. The molecule has 1 unspecified atom stereocenters. The van der Waals surface area contributed by atoms with Gasteiger partial charge >= 0.3 is 0 Å². The van der Waals surface area contributed by atoms with Crippen molar-refractivity contribution in [3.8, 4) is 11.5 Å². The Morgan fingerprint density at radius 2 is 2.22 bits per heavy atom. The van der Waals surface area contributed by atoms with Gasteiger partial charge in [-0.05, 0) is 19.1 Å². The van der Waals surface area contributed by atoms with Gasteiger partial charge in [-0.3, -0.25) is 9.59 Å². The lowest BCUT2D eigenvalue weighted by Gasteiger charge is -2.09. The summed E-state index contributed by atoms with van der Waals surface area (Å²) in [4.78, 5) is 23.3. The number of para-hydroxylation sites is 1. The summed E-state index contributed by atoms with van der Waals surface area (Å²) in [5, 5.41) is 7.68. The van der Waals surface area contributed by atoms with Crippen LogP contribution in [-0.2, 0) is 9.59 Å². The van der Waals surface area contributed by atoms with Crippen molar-refractivity contribution in [3.05, 3.63) is 23.8 Å². The van der Waals surface area contributed by atoms with Gasteiger partial charge in [0.2, 0.25) is 11.8 Å². The maximum atomic E-state index is 11.8. The average molecular weight is 318 g/mol. The van der Waals surface area contributed by atoms with Gasteiger partial charge in [0.1, 0.15) is 0 Å².